The second-order valence-electron chi connectivity index (χ2n) is 16.1. The Balaban J connectivity index is 1.09. The van der Waals surface area contributed by atoms with E-state index >= 15 is 0 Å². The minimum Gasteiger partial charge on any atom is -0.338 e. The molecule has 0 N–H and O–H groups in total. The van der Waals surface area contributed by atoms with E-state index in [1.165, 1.54) is 89.0 Å². The maximum absolute atomic E-state index is 2.43. The maximum Gasteiger partial charge on any atom is 0.0420 e. The molecule has 0 aliphatic heterocycles. The number of allylic oxidation sites excluding steroid dienone is 3. The van der Waals surface area contributed by atoms with Crippen LogP contribution in [0.5, 0.6) is 0 Å². The van der Waals surface area contributed by atoms with Crippen LogP contribution in [-0.4, -0.2) is 6.54 Å². The zero-order valence-corrected chi connectivity index (χ0v) is 36.2. The fourth-order valence-electron chi connectivity index (χ4n) is 8.70. The van der Waals surface area contributed by atoms with Crippen LogP contribution in [0.1, 0.15) is 23.6 Å². The molecule has 9 rings (SSSR count). The van der Waals surface area contributed by atoms with E-state index in [0.717, 1.165) is 11.4 Å². The van der Waals surface area contributed by atoms with Gasteiger partial charge in [0.25, 0.3) is 0 Å². The van der Waals surface area contributed by atoms with Crippen molar-refractivity contribution in [2.75, 3.05) is 11.4 Å². The first-order valence-corrected chi connectivity index (χ1v) is 21.9. The van der Waals surface area contributed by atoms with Gasteiger partial charge in [-0.3, -0.25) is 0 Å². The average Bonchev–Trinajstić information content (AvgIpc) is 3.35. The van der Waals surface area contributed by atoms with Crippen molar-refractivity contribution in [1.29, 1.82) is 0 Å². The summed E-state index contributed by atoms with van der Waals surface area (Å²) in [6.07, 6.45) is 6.76. The molecule has 9 aromatic rings. The Bertz CT molecular complexity index is 2990. The normalized spacial score (nSPS) is 11.5. The molecule has 0 aromatic heterocycles. The summed E-state index contributed by atoms with van der Waals surface area (Å²) in [6, 6.07) is 81.2. The molecule has 0 aliphatic carbocycles. The van der Waals surface area contributed by atoms with Crippen LogP contribution in [0.2, 0.25) is 0 Å². The highest BCUT2D eigenvalue weighted by Crippen LogP contribution is 2.41. The summed E-state index contributed by atoms with van der Waals surface area (Å²) in [5.41, 5.74) is 21.9. The van der Waals surface area contributed by atoms with Gasteiger partial charge in [0, 0.05) is 17.9 Å². The highest BCUT2D eigenvalue weighted by molar-refractivity contribution is 5.91. The molecule has 0 amide bonds. The molecule has 0 spiro atoms. The Morgan fingerprint density at radius 1 is 0.381 bits per heavy atom. The van der Waals surface area contributed by atoms with Crippen LogP contribution in [-0.2, 0) is 0 Å². The van der Waals surface area contributed by atoms with Gasteiger partial charge in [-0.25, -0.2) is 0 Å². The van der Waals surface area contributed by atoms with E-state index in [-0.39, 0.29) is 0 Å². The van der Waals surface area contributed by atoms with E-state index < -0.39 is 0 Å². The van der Waals surface area contributed by atoms with Gasteiger partial charge in [0.05, 0.1) is 0 Å². The zero-order valence-electron chi connectivity index (χ0n) is 36.2. The van der Waals surface area contributed by atoms with Crippen LogP contribution >= 0.6 is 0 Å². The number of nitrogens with zero attached hydrogens (tertiary/aromatic N) is 1. The monoisotopic (exact) mass is 809 g/mol. The number of hydrogen-bond donors (Lipinski definition) is 0. The molecule has 63 heavy (non-hydrogen) atoms. The summed E-state index contributed by atoms with van der Waals surface area (Å²) >= 11 is 0. The third-order valence-electron chi connectivity index (χ3n) is 12.2. The van der Waals surface area contributed by atoms with E-state index in [9.17, 15) is 0 Å². The van der Waals surface area contributed by atoms with Crippen molar-refractivity contribution >= 4 is 16.9 Å². The minimum atomic E-state index is 0.680. The number of benzene rings is 9. The van der Waals surface area contributed by atoms with Crippen molar-refractivity contribution in [2.45, 2.75) is 20.8 Å². The molecule has 0 saturated heterocycles. The van der Waals surface area contributed by atoms with Crippen LogP contribution in [0.3, 0.4) is 0 Å². The second kappa shape index (κ2) is 18.9. The summed E-state index contributed by atoms with van der Waals surface area (Å²) in [4.78, 5) is 2.43. The van der Waals surface area contributed by atoms with E-state index in [1.807, 2.05) is 0 Å². The Hall–Kier alpha value is -7.74. The Morgan fingerprint density at radius 3 is 1.38 bits per heavy atom. The van der Waals surface area contributed by atoms with E-state index in [4.69, 9.17) is 0 Å². The summed E-state index contributed by atoms with van der Waals surface area (Å²) in [5.74, 6) is 0. The first kappa shape index (κ1) is 40.7. The fourth-order valence-corrected chi connectivity index (χ4v) is 8.70. The van der Waals surface area contributed by atoms with Gasteiger partial charge in [-0.05, 0) is 134 Å². The fraction of sp³-hybridized carbons (Fsp3) is 0.0645. The Morgan fingerprint density at radius 2 is 0.825 bits per heavy atom. The molecular weight excluding hydrogens is 759 g/mol. The van der Waals surface area contributed by atoms with Gasteiger partial charge >= 0.3 is 0 Å². The first-order valence-electron chi connectivity index (χ1n) is 21.9. The van der Waals surface area contributed by atoms with E-state index in [1.54, 1.807) is 0 Å². The largest absolute Gasteiger partial charge is 0.338 e. The highest BCUT2D eigenvalue weighted by Gasteiger charge is 2.17. The lowest BCUT2D eigenvalue weighted by Crippen LogP contribution is -2.17. The predicted octanol–water partition coefficient (Wildman–Crippen LogP) is 17.1. The molecule has 0 atom stereocenters. The van der Waals surface area contributed by atoms with Crippen molar-refractivity contribution in [1.82, 2.24) is 0 Å². The molecule has 304 valence electrons. The summed E-state index contributed by atoms with van der Waals surface area (Å²) < 4.78 is 0. The Kier molecular flexibility index (Phi) is 12.2. The van der Waals surface area contributed by atoms with Gasteiger partial charge in [-0.15, -0.1) is 0 Å². The topological polar surface area (TPSA) is 3.24 Å². The Labute approximate surface area is 373 Å². The lowest BCUT2D eigenvalue weighted by Gasteiger charge is -2.26. The lowest BCUT2D eigenvalue weighted by atomic mass is 9.87. The van der Waals surface area contributed by atoms with Gasteiger partial charge in [0.1, 0.15) is 0 Å². The molecular formula is C62H51N. The van der Waals surface area contributed by atoms with Gasteiger partial charge < -0.3 is 4.90 Å². The zero-order chi connectivity index (χ0) is 43.0. The number of anilines is 2. The van der Waals surface area contributed by atoms with Crippen LogP contribution < -0.4 is 4.90 Å². The van der Waals surface area contributed by atoms with Crippen molar-refractivity contribution < 1.29 is 0 Å². The quantitative estimate of drug-likeness (QED) is 0.111. The van der Waals surface area contributed by atoms with E-state index in [0.29, 0.717) is 6.54 Å². The number of aryl methyl sites for hydroxylation is 1. The van der Waals surface area contributed by atoms with Gasteiger partial charge in [-0.2, -0.15) is 0 Å². The van der Waals surface area contributed by atoms with Crippen LogP contribution in [0.25, 0.3) is 72.3 Å². The van der Waals surface area contributed by atoms with Gasteiger partial charge in [0.15, 0.2) is 0 Å². The third-order valence-corrected chi connectivity index (χ3v) is 12.2. The minimum absolute atomic E-state index is 0.680. The van der Waals surface area contributed by atoms with Crippen molar-refractivity contribution in [2.24, 2.45) is 0 Å². The molecule has 0 unspecified atom stereocenters. The van der Waals surface area contributed by atoms with Crippen LogP contribution in [0, 0.1) is 13.8 Å². The van der Waals surface area contributed by atoms with Gasteiger partial charge in [0.2, 0.25) is 0 Å². The van der Waals surface area contributed by atoms with Crippen molar-refractivity contribution in [3.63, 3.8) is 0 Å². The predicted molar refractivity (Wildman–Crippen MR) is 271 cm³/mol. The average molecular weight is 810 g/mol. The second-order valence-corrected chi connectivity index (χ2v) is 16.1. The first-order chi connectivity index (χ1) is 31.0. The molecule has 0 heterocycles. The smallest absolute Gasteiger partial charge is 0.0420 e. The molecule has 0 radical (unpaired) electrons. The number of rotatable bonds is 12. The van der Waals surface area contributed by atoms with Gasteiger partial charge in [-0.1, -0.05) is 218 Å². The third kappa shape index (κ3) is 9.01. The number of hydrogen-bond acceptors (Lipinski definition) is 1. The molecule has 0 aliphatic rings. The SMILES string of the molecule is C/C=C(\C=C/CN(c1ccc(-c2ccc(-c3ccccc3)cc2)cc1)c1ccc(-c2cccc(-c3ccccc3C)c2C)c(-c2ccccc2)c1)c1ccc(-c2ccccc2)cc1. The maximum atomic E-state index is 2.43. The molecule has 0 fully saturated rings. The standard InChI is InChI=1S/C62H51N/c1-4-47(50-29-31-51(32-30-50)48-19-8-5-9-20-48)25-17-43-63(56-39-37-54(38-40-56)53-35-33-52(34-36-53)49-21-10-6-11-22-49)57-41-42-61(62(44-57)55-23-12-7-13-24-55)60-28-16-27-59(46(60)3)58-26-15-14-18-45(58)2/h4-42,44H,43H2,1-3H3/b25-17-,47-4+. The van der Waals surface area contributed by atoms with Crippen molar-refractivity contribution in [3.8, 4) is 66.8 Å². The van der Waals surface area contributed by atoms with Crippen molar-refractivity contribution in [3.05, 3.63) is 259 Å². The van der Waals surface area contributed by atoms with Crippen LogP contribution in [0.15, 0.2) is 243 Å². The molecule has 1 nitrogen and oxygen atoms in total. The molecule has 0 bridgehead atoms. The molecule has 9 aromatic carbocycles. The molecule has 0 saturated carbocycles. The summed E-state index contributed by atoms with van der Waals surface area (Å²) in [5, 5.41) is 0. The lowest BCUT2D eigenvalue weighted by molar-refractivity contribution is 1.10. The van der Waals surface area contributed by atoms with E-state index in [2.05, 4.69) is 268 Å². The summed E-state index contributed by atoms with van der Waals surface area (Å²) in [6.45, 7) is 7.26. The summed E-state index contributed by atoms with van der Waals surface area (Å²) in [7, 11) is 0. The van der Waals surface area contributed by atoms with Crippen LogP contribution in [0.4, 0.5) is 11.4 Å². The molecule has 1 heteroatoms. The highest BCUT2D eigenvalue weighted by atomic mass is 15.1.